The molecule has 4 bridgehead atoms. The Morgan fingerprint density at radius 2 is 1.55 bits per heavy atom. The molecule has 4 saturated carbocycles. The molecule has 0 atom stereocenters. The predicted molar refractivity (Wildman–Crippen MR) is 167 cm³/mol. The lowest BCUT2D eigenvalue weighted by Crippen LogP contribution is -2.49. The molecule has 5 nitrogen and oxygen atoms in total. The van der Waals surface area contributed by atoms with Gasteiger partial charge in [-0.05, 0) is 149 Å². The van der Waals surface area contributed by atoms with E-state index in [9.17, 15) is 9.59 Å². The highest BCUT2D eigenvalue weighted by Gasteiger charge is 2.52. The third-order valence-corrected chi connectivity index (χ3v) is 9.35. The van der Waals surface area contributed by atoms with Gasteiger partial charge in [0.05, 0.1) is 12.2 Å². The maximum absolute atomic E-state index is 12.1. The highest BCUT2D eigenvalue weighted by molar-refractivity contribution is 5.90. The number of aryl methyl sites for hydroxylation is 1. The van der Waals surface area contributed by atoms with E-state index in [1.165, 1.54) is 55.2 Å². The van der Waals surface area contributed by atoms with Crippen molar-refractivity contribution >= 4 is 23.6 Å². The minimum Gasteiger partial charge on any atom is -0.462 e. The van der Waals surface area contributed by atoms with Crippen molar-refractivity contribution in [2.75, 3.05) is 19.8 Å². The van der Waals surface area contributed by atoms with Crippen LogP contribution in [0.15, 0.2) is 42.5 Å². The van der Waals surface area contributed by atoms with Gasteiger partial charge in [0.25, 0.3) is 0 Å². The Hall–Kier alpha value is -2.92. The van der Waals surface area contributed by atoms with Gasteiger partial charge >= 0.3 is 11.9 Å². The van der Waals surface area contributed by atoms with E-state index in [4.69, 9.17) is 14.2 Å². The second-order valence-electron chi connectivity index (χ2n) is 14.0. The van der Waals surface area contributed by atoms with Crippen LogP contribution in [-0.2, 0) is 30.8 Å². The largest absolute Gasteiger partial charge is 0.462 e. The molecule has 226 valence electrons. The van der Waals surface area contributed by atoms with Crippen LogP contribution in [0.25, 0.3) is 11.6 Å². The highest BCUT2D eigenvalue weighted by atomic mass is 16.6. The van der Waals surface area contributed by atoms with Gasteiger partial charge in [0, 0.05) is 6.61 Å². The lowest BCUT2D eigenvalue weighted by molar-refractivity contribution is -0.160. The number of hydrogen-bond acceptors (Lipinski definition) is 5. The predicted octanol–water partition coefficient (Wildman–Crippen LogP) is 8.18. The molecule has 0 heterocycles. The molecule has 4 aliphatic rings. The van der Waals surface area contributed by atoms with Gasteiger partial charge in [0.2, 0.25) is 0 Å². The van der Waals surface area contributed by atoms with E-state index in [0.29, 0.717) is 24.2 Å². The molecule has 42 heavy (non-hydrogen) atoms. The third-order valence-electron chi connectivity index (χ3n) is 9.35. The van der Waals surface area contributed by atoms with Gasteiger partial charge in [0.15, 0.2) is 0 Å². The van der Waals surface area contributed by atoms with E-state index >= 15 is 0 Å². The minimum atomic E-state index is -0.492. The van der Waals surface area contributed by atoms with Crippen LogP contribution in [-0.4, -0.2) is 37.4 Å². The summed E-state index contributed by atoms with van der Waals surface area (Å²) in [5, 5.41) is 0. The lowest BCUT2D eigenvalue weighted by atomic mass is 9.47. The third kappa shape index (κ3) is 7.34. The van der Waals surface area contributed by atoms with Crippen molar-refractivity contribution in [3.63, 3.8) is 0 Å². The SMILES string of the molecule is CCOC(=O)c1ccc(C=C(C)c2ccc(CCCOCC(=O)OC(C)(C)C)c(C34CC5CC(CC(C5)C3)C4)c2)cc1. The van der Waals surface area contributed by atoms with Crippen molar-refractivity contribution in [3.8, 4) is 0 Å². The molecule has 6 rings (SSSR count). The smallest absolute Gasteiger partial charge is 0.338 e. The number of rotatable bonds is 11. The van der Waals surface area contributed by atoms with Gasteiger partial charge < -0.3 is 14.2 Å². The van der Waals surface area contributed by atoms with Gasteiger partial charge in [-0.1, -0.05) is 36.4 Å². The molecule has 0 radical (unpaired) electrons. The summed E-state index contributed by atoms with van der Waals surface area (Å²) in [7, 11) is 0. The monoisotopic (exact) mass is 572 g/mol. The van der Waals surface area contributed by atoms with Crippen molar-refractivity contribution in [2.45, 2.75) is 97.0 Å². The molecule has 0 aromatic heterocycles. The Balaban J connectivity index is 1.33. The Morgan fingerprint density at radius 1 is 0.929 bits per heavy atom. The number of hydrogen-bond donors (Lipinski definition) is 0. The Morgan fingerprint density at radius 3 is 2.14 bits per heavy atom. The molecule has 4 aliphatic carbocycles. The van der Waals surface area contributed by atoms with Gasteiger partial charge in [-0.3, -0.25) is 0 Å². The van der Waals surface area contributed by atoms with E-state index in [2.05, 4.69) is 31.2 Å². The summed E-state index contributed by atoms with van der Waals surface area (Å²) in [4.78, 5) is 24.1. The van der Waals surface area contributed by atoms with Crippen molar-refractivity contribution in [2.24, 2.45) is 17.8 Å². The van der Waals surface area contributed by atoms with Gasteiger partial charge in [-0.2, -0.15) is 0 Å². The van der Waals surface area contributed by atoms with Crippen LogP contribution in [0.3, 0.4) is 0 Å². The number of esters is 2. The topological polar surface area (TPSA) is 61.8 Å². The molecule has 2 aromatic rings. The molecule has 0 amide bonds. The number of allylic oxidation sites excluding steroid dienone is 1. The molecule has 4 fully saturated rings. The molecule has 2 aromatic carbocycles. The van der Waals surface area contributed by atoms with Crippen molar-refractivity contribution < 1.29 is 23.8 Å². The number of carbonyl (C=O) groups is 2. The van der Waals surface area contributed by atoms with Crippen molar-refractivity contribution in [1.29, 1.82) is 0 Å². The van der Waals surface area contributed by atoms with Crippen LogP contribution < -0.4 is 0 Å². The first-order chi connectivity index (χ1) is 20.0. The maximum atomic E-state index is 12.1. The fourth-order valence-electron chi connectivity index (χ4n) is 8.13. The van der Waals surface area contributed by atoms with E-state index < -0.39 is 5.60 Å². The van der Waals surface area contributed by atoms with Crippen LogP contribution in [0.2, 0.25) is 0 Å². The summed E-state index contributed by atoms with van der Waals surface area (Å²) in [5.41, 5.74) is 6.92. The van der Waals surface area contributed by atoms with Crippen LogP contribution >= 0.6 is 0 Å². The molecule has 0 saturated heterocycles. The zero-order valence-electron chi connectivity index (χ0n) is 26.2. The molecular formula is C37H48O5. The Labute approximate surface area is 252 Å². The van der Waals surface area contributed by atoms with Crippen molar-refractivity contribution in [1.82, 2.24) is 0 Å². The fraction of sp³-hybridized carbons (Fsp3) is 0.568. The summed E-state index contributed by atoms with van der Waals surface area (Å²) >= 11 is 0. The number of carbonyl (C=O) groups excluding carboxylic acids is 2. The van der Waals surface area contributed by atoms with E-state index in [0.717, 1.165) is 36.2 Å². The summed E-state index contributed by atoms with van der Waals surface area (Å²) in [6.45, 7) is 10.5. The molecule has 0 aliphatic heterocycles. The zero-order chi connectivity index (χ0) is 29.9. The lowest BCUT2D eigenvalue weighted by Gasteiger charge is -2.57. The zero-order valence-corrected chi connectivity index (χ0v) is 26.2. The van der Waals surface area contributed by atoms with E-state index in [1.807, 2.05) is 52.0 Å². The first kappa shape index (κ1) is 30.5. The normalized spacial score (nSPS) is 25.0. The standard InChI is InChI=1S/C37H48O5/c1-6-41-35(39)31-11-9-26(10-12-31)16-25(2)32-14-13-30(8-7-15-40-24-34(38)42-36(3,4)5)33(20-32)37-21-27-17-28(22-37)19-29(18-27)23-37/h9-14,16,20,27-29H,6-8,15,17-19,21-24H2,1-5H3. The molecule has 0 unspecified atom stereocenters. The molecular weight excluding hydrogens is 524 g/mol. The fourth-order valence-corrected chi connectivity index (χ4v) is 8.13. The second kappa shape index (κ2) is 12.8. The van der Waals surface area contributed by atoms with Gasteiger partial charge in [-0.15, -0.1) is 0 Å². The van der Waals surface area contributed by atoms with Crippen molar-refractivity contribution in [3.05, 3.63) is 70.3 Å². The van der Waals surface area contributed by atoms with E-state index in [-0.39, 0.29) is 18.5 Å². The van der Waals surface area contributed by atoms with Gasteiger partial charge in [-0.25, -0.2) is 9.59 Å². The van der Waals surface area contributed by atoms with Crippen LogP contribution in [0.5, 0.6) is 0 Å². The second-order valence-corrected chi connectivity index (χ2v) is 14.0. The summed E-state index contributed by atoms with van der Waals surface area (Å²) in [6, 6.07) is 14.8. The van der Waals surface area contributed by atoms with Crippen LogP contribution in [0.1, 0.15) is 112 Å². The summed E-state index contributed by atoms with van der Waals surface area (Å²) in [6.07, 6.45) is 12.3. The first-order valence-corrected chi connectivity index (χ1v) is 15.9. The average Bonchev–Trinajstić information content (AvgIpc) is 2.91. The minimum absolute atomic E-state index is 0.00278. The maximum Gasteiger partial charge on any atom is 0.338 e. The summed E-state index contributed by atoms with van der Waals surface area (Å²) < 4.78 is 16.2. The van der Waals surface area contributed by atoms with Gasteiger partial charge in [0.1, 0.15) is 12.2 Å². The average molecular weight is 573 g/mol. The molecule has 5 heteroatoms. The van der Waals surface area contributed by atoms with Crippen LogP contribution in [0.4, 0.5) is 0 Å². The molecule has 0 spiro atoms. The van der Waals surface area contributed by atoms with Crippen LogP contribution in [0, 0.1) is 17.8 Å². The quantitative estimate of drug-likeness (QED) is 0.154. The van der Waals surface area contributed by atoms with E-state index in [1.54, 1.807) is 5.56 Å². The molecule has 0 N–H and O–H groups in total. The highest BCUT2D eigenvalue weighted by Crippen LogP contribution is 2.61. The number of benzene rings is 2. The first-order valence-electron chi connectivity index (χ1n) is 15.9. The Bertz CT molecular complexity index is 1260. The summed E-state index contributed by atoms with van der Waals surface area (Å²) in [5.74, 6) is 2.04. The number of ether oxygens (including phenoxy) is 3. The Kier molecular flexibility index (Phi) is 9.27.